The average Bonchev–Trinajstić information content (AvgIpc) is 1.63. The van der Waals surface area contributed by atoms with Crippen molar-refractivity contribution in [2.45, 2.75) is 20.8 Å². The number of hydrogen-bond acceptors (Lipinski definition) is 2. The summed E-state index contributed by atoms with van der Waals surface area (Å²) >= 11 is 3.97. The molecule has 1 nitrogen and oxygen atoms in total. The molecule has 52 valence electrons. The lowest BCUT2D eigenvalue weighted by Crippen LogP contribution is -2.02. The Hall–Kier alpha value is -0.240. The second kappa shape index (κ2) is 3.72. The van der Waals surface area contributed by atoms with Crippen molar-refractivity contribution in [2.24, 2.45) is 5.92 Å². The fourth-order valence-electron chi connectivity index (χ4n) is 0.373. The minimum Gasteiger partial charge on any atom is -0.295 e. The van der Waals surface area contributed by atoms with Gasteiger partial charge in [0.05, 0.1) is 0 Å². The SMILES string of the molecule is C/C(S)=C/C(=O)C(C)C. The molecular weight excluding hydrogens is 132 g/mol. The number of rotatable bonds is 2. The first kappa shape index (κ1) is 8.76. The largest absolute Gasteiger partial charge is 0.295 e. The topological polar surface area (TPSA) is 17.1 Å². The molecule has 0 bridgehead atoms. The molecule has 0 saturated heterocycles. The van der Waals surface area contributed by atoms with E-state index in [9.17, 15) is 4.79 Å². The van der Waals surface area contributed by atoms with Crippen molar-refractivity contribution in [1.82, 2.24) is 0 Å². The number of carbonyl (C=O) groups is 1. The molecule has 0 N–H and O–H groups in total. The molecule has 0 unspecified atom stereocenters. The maximum Gasteiger partial charge on any atom is 0.158 e. The third-order valence-electron chi connectivity index (χ3n) is 0.920. The predicted molar refractivity (Wildman–Crippen MR) is 42.6 cm³/mol. The minimum atomic E-state index is 0.0899. The fraction of sp³-hybridized carbons (Fsp3) is 0.571. The second-order valence-electron chi connectivity index (χ2n) is 2.34. The lowest BCUT2D eigenvalue weighted by atomic mass is 10.1. The summed E-state index contributed by atoms with van der Waals surface area (Å²) in [5.41, 5.74) is 0. The van der Waals surface area contributed by atoms with Gasteiger partial charge < -0.3 is 0 Å². The van der Waals surface area contributed by atoms with Crippen molar-refractivity contribution in [2.75, 3.05) is 0 Å². The van der Waals surface area contributed by atoms with Gasteiger partial charge in [0.15, 0.2) is 5.78 Å². The van der Waals surface area contributed by atoms with E-state index in [1.54, 1.807) is 13.0 Å². The van der Waals surface area contributed by atoms with E-state index >= 15 is 0 Å². The van der Waals surface area contributed by atoms with Crippen LogP contribution < -0.4 is 0 Å². The molecular formula is C7H12OS. The second-order valence-corrected chi connectivity index (χ2v) is 3.05. The zero-order chi connectivity index (χ0) is 7.44. The van der Waals surface area contributed by atoms with Gasteiger partial charge in [-0.15, -0.1) is 12.6 Å². The first-order valence-electron chi connectivity index (χ1n) is 2.95. The van der Waals surface area contributed by atoms with Crippen molar-refractivity contribution in [3.05, 3.63) is 11.0 Å². The first-order valence-corrected chi connectivity index (χ1v) is 3.40. The Balaban J connectivity index is 3.93. The number of hydrogen-bond donors (Lipinski definition) is 1. The van der Waals surface area contributed by atoms with Crippen LogP contribution in [0, 0.1) is 5.92 Å². The van der Waals surface area contributed by atoms with Crippen molar-refractivity contribution in [3.63, 3.8) is 0 Å². The molecule has 0 atom stereocenters. The Labute approximate surface area is 61.6 Å². The number of allylic oxidation sites excluding steroid dienone is 2. The molecule has 0 rings (SSSR count). The molecule has 0 aromatic rings. The summed E-state index contributed by atoms with van der Waals surface area (Å²) in [6, 6.07) is 0. The molecule has 0 aliphatic heterocycles. The lowest BCUT2D eigenvalue weighted by Gasteiger charge is -1.96. The monoisotopic (exact) mass is 144 g/mol. The fourth-order valence-corrected chi connectivity index (χ4v) is 0.500. The molecule has 0 aliphatic carbocycles. The quantitative estimate of drug-likeness (QED) is 0.463. The van der Waals surface area contributed by atoms with Crippen LogP contribution in [0.25, 0.3) is 0 Å². The highest BCUT2D eigenvalue weighted by atomic mass is 32.1. The minimum absolute atomic E-state index is 0.0899. The Kier molecular flexibility index (Phi) is 3.62. The van der Waals surface area contributed by atoms with E-state index in [1.165, 1.54) is 0 Å². The lowest BCUT2D eigenvalue weighted by molar-refractivity contribution is -0.117. The smallest absolute Gasteiger partial charge is 0.158 e. The molecule has 0 radical (unpaired) electrons. The van der Waals surface area contributed by atoms with Crippen molar-refractivity contribution >= 4 is 18.4 Å². The van der Waals surface area contributed by atoms with Gasteiger partial charge in [0.2, 0.25) is 0 Å². The number of ketones is 1. The van der Waals surface area contributed by atoms with E-state index in [0.717, 1.165) is 4.91 Å². The molecule has 9 heavy (non-hydrogen) atoms. The number of carbonyl (C=O) groups excluding carboxylic acids is 1. The van der Waals surface area contributed by atoms with E-state index in [1.807, 2.05) is 13.8 Å². The summed E-state index contributed by atoms with van der Waals surface area (Å²) < 4.78 is 0. The Morgan fingerprint density at radius 1 is 1.56 bits per heavy atom. The Bertz CT molecular complexity index is 132. The summed E-state index contributed by atoms with van der Waals surface area (Å²) in [7, 11) is 0. The molecule has 2 heteroatoms. The highest BCUT2D eigenvalue weighted by Gasteiger charge is 2.01. The van der Waals surface area contributed by atoms with Gasteiger partial charge in [-0.25, -0.2) is 0 Å². The summed E-state index contributed by atoms with van der Waals surface area (Å²) in [6.45, 7) is 5.54. The van der Waals surface area contributed by atoms with Crippen LogP contribution in [0.4, 0.5) is 0 Å². The van der Waals surface area contributed by atoms with Crippen LogP contribution in [0.3, 0.4) is 0 Å². The Morgan fingerprint density at radius 2 is 2.00 bits per heavy atom. The predicted octanol–water partition coefficient (Wildman–Crippen LogP) is 2.05. The van der Waals surface area contributed by atoms with Crippen LogP contribution in [-0.2, 0) is 4.79 Å². The molecule has 0 amide bonds. The van der Waals surface area contributed by atoms with Gasteiger partial charge in [-0.05, 0) is 17.9 Å². The van der Waals surface area contributed by atoms with E-state index < -0.39 is 0 Å². The Morgan fingerprint density at radius 3 is 2.11 bits per heavy atom. The van der Waals surface area contributed by atoms with Gasteiger partial charge in [-0.3, -0.25) is 4.79 Å². The first-order chi connectivity index (χ1) is 4.04. The highest BCUT2D eigenvalue weighted by molar-refractivity contribution is 7.84. The zero-order valence-electron chi connectivity index (χ0n) is 6.01. The van der Waals surface area contributed by atoms with Gasteiger partial charge in [-0.1, -0.05) is 13.8 Å². The van der Waals surface area contributed by atoms with Gasteiger partial charge in [0.25, 0.3) is 0 Å². The molecule has 0 aromatic carbocycles. The van der Waals surface area contributed by atoms with E-state index in [4.69, 9.17) is 0 Å². The summed E-state index contributed by atoms with van der Waals surface area (Å²) in [5.74, 6) is 0.231. The van der Waals surface area contributed by atoms with Crippen LogP contribution in [0.5, 0.6) is 0 Å². The third-order valence-corrected chi connectivity index (χ3v) is 1.05. The van der Waals surface area contributed by atoms with Gasteiger partial charge >= 0.3 is 0 Å². The number of thiol groups is 1. The molecule has 0 spiro atoms. The van der Waals surface area contributed by atoms with Crippen LogP contribution in [0.1, 0.15) is 20.8 Å². The third kappa shape index (κ3) is 4.28. The zero-order valence-corrected chi connectivity index (χ0v) is 6.90. The molecule has 0 aliphatic rings. The molecule has 0 heterocycles. The summed E-state index contributed by atoms with van der Waals surface area (Å²) in [5, 5.41) is 0. The molecule has 0 fully saturated rings. The van der Waals surface area contributed by atoms with E-state index in [2.05, 4.69) is 12.6 Å². The molecule has 0 saturated carbocycles. The van der Waals surface area contributed by atoms with Crippen molar-refractivity contribution in [3.8, 4) is 0 Å². The maximum atomic E-state index is 10.8. The normalized spacial score (nSPS) is 12.3. The van der Waals surface area contributed by atoms with Gasteiger partial charge in [-0.2, -0.15) is 0 Å². The van der Waals surface area contributed by atoms with Crippen molar-refractivity contribution < 1.29 is 4.79 Å². The average molecular weight is 144 g/mol. The van der Waals surface area contributed by atoms with Crippen LogP contribution in [0.15, 0.2) is 11.0 Å². The van der Waals surface area contributed by atoms with Crippen LogP contribution in [0.2, 0.25) is 0 Å². The van der Waals surface area contributed by atoms with Crippen molar-refractivity contribution in [1.29, 1.82) is 0 Å². The van der Waals surface area contributed by atoms with Crippen LogP contribution in [-0.4, -0.2) is 5.78 Å². The van der Waals surface area contributed by atoms with Crippen LogP contribution >= 0.6 is 12.6 Å². The van der Waals surface area contributed by atoms with E-state index in [0.29, 0.717) is 0 Å². The van der Waals surface area contributed by atoms with E-state index in [-0.39, 0.29) is 11.7 Å². The maximum absolute atomic E-state index is 10.8. The highest BCUT2D eigenvalue weighted by Crippen LogP contribution is 2.02. The summed E-state index contributed by atoms with van der Waals surface area (Å²) in [4.78, 5) is 11.6. The van der Waals surface area contributed by atoms with Gasteiger partial charge in [0, 0.05) is 5.92 Å². The summed E-state index contributed by atoms with van der Waals surface area (Å²) in [6.07, 6.45) is 1.55. The standard InChI is InChI=1S/C7H12OS/c1-5(2)7(8)4-6(3)9/h4-5,9H,1-3H3/b6-4-. The molecule has 0 aromatic heterocycles. The van der Waals surface area contributed by atoms with Gasteiger partial charge in [0.1, 0.15) is 0 Å².